The molecule has 1 aliphatic carbocycles. The van der Waals surface area contributed by atoms with Crippen LogP contribution in [0.4, 0.5) is 5.69 Å². The van der Waals surface area contributed by atoms with Gasteiger partial charge in [0, 0.05) is 48.1 Å². The first-order valence-electron chi connectivity index (χ1n) is 14.7. The van der Waals surface area contributed by atoms with E-state index in [1.54, 1.807) is 0 Å². The minimum absolute atomic E-state index is 0.245. The third kappa shape index (κ3) is 7.25. The number of nitrogens with zero attached hydrogens (tertiary/aromatic N) is 2. The van der Waals surface area contributed by atoms with Crippen LogP contribution in [0.1, 0.15) is 36.1 Å². The fourth-order valence-corrected chi connectivity index (χ4v) is 6.18. The molecule has 224 valence electrons. The lowest BCUT2D eigenvalue weighted by Crippen LogP contribution is -2.21. The summed E-state index contributed by atoms with van der Waals surface area (Å²) in [7, 11) is -4.63. The van der Waals surface area contributed by atoms with Crippen molar-refractivity contribution in [3.8, 4) is 5.75 Å². The summed E-state index contributed by atoms with van der Waals surface area (Å²) >= 11 is 0. The maximum absolute atomic E-state index is 12.5. The molecule has 0 amide bonds. The van der Waals surface area contributed by atoms with Crippen LogP contribution in [0.2, 0.25) is 0 Å². The molecule has 0 bridgehead atoms. The van der Waals surface area contributed by atoms with Crippen LogP contribution in [0, 0.1) is 0 Å². The largest absolute Gasteiger partial charge is 0.508 e. The third-order valence-electron chi connectivity index (χ3n) is 7.75. The number of allylic oxidation sites excluding steroid dienone is 5. The molecule has 0 spiro atoms. The van der Waals surface area contributed by atoms with Crippen molar-refractivity contribution in [1.82, 2.24) is 0 Å². The van der Waals surface area contributed by atoms with Crippen molar-refractivity contribution in [2.24, 2.45) is 0 Å². The second-order valence-corrected chi connectivity index (χ2v) is 12.0. The van der Waals surface area contributed by atoms with Gasteiger partial charge in [0.05, 0.1) is 0 Å². The monoisotopic (exact) mass is 605 g/mol. The van der Waals surface area contributed by atoms with Crippen molar-refractivity contribution in [2.75, 3.05) is 18.0 Å². The lowest BCUT2D eigenvalue weighted by Gasteiger charge is -2.24. The molecule has 0 aliphatic heterocycles. The topological polar surface area (TPSA) is 80.8 Å². The molecule has 0 radical (unpaired) electrons. The third-order valence-corrected chi connectivity index (χ3v) is 8.64. The normalized spacial score (nSPS) is 12.8. The highest BCUT2D eigenvalue weighted by molar-refractivity contribution is 7.86. The smallest absolute Gasteiger partial charge is 0.295 e. The van der Waals surface area contributed by atoms with Gasteiger partial charge in [0.2, 0.25) is 0 Å². The van der Waals surface area contributed by atoms with Crippen LogP contribution in [0.25, 0.3) is 5.57 Å². The van der Waals surface area contributed by atoms with E-state index in [-0.39, 0.29) is 10.6 Å². The summed E-state index contributed by atoms with van der Waals surface area (Å²) in [4.78, 5) is 1.92. The highest BCUT2D eigenvalue weighted by Crippen LogP contribution is 2.36. The molecule has 0 unspecified atom stereocenters. The fraction of sp³-hybridized carbons (Fsp3) is 0.162. The van der Waals surface area contributed by atoms with Crippen molar-refractivity contribution in [2.45, 2.75) is 31.8 Å². The molecule has 0 saturated heterocycles. The molecular formula is C37H37N2O4S+. The Morgan fingerprint density at radius 1 is 0.773 bits per heavy atom. The molecule has 4 aromatic rings. The summed E-state index contributed by atoms with van der Waals surface area (Å²) in [5.41, 5.74) is 6.99. The summed E-state index contributed by atoms with van der Waals surface area (Å²) in [5.74, 6) is -0.245. The predicted octanol–water partition coefficient (Wildman–Crippen LogP) is 7.27. The Labute approximate surface area is 260 Å². The van der Waals surface area contributed by atoms with Crippen molar-refractivity contribution < 1.29 is 22.7 Å². The van der Waals surface area contributed by atoms with Gasteiger partial charge in [-0.1, -0.05) is 72.8 Å². The Bertz CT molecular complexity index is 1820. The quantitative estimate of drug-likeness (QED) is 0.147. The van der Waals surface area contributed by atoms with Gasteiger partial charge in [0.15, 0.2) is 12.3 Å². The van der Waals surface area contributed by atoms with Crippen LogP contribution < -0.4 is 4.90 Å². The zero-order valence-electron chi connectivity index (χ0n) is 25.0. The van der Waals surface area contributed by atoms with Crippen LogP contribution in [0.3, 0.4) is 0 Å². The average Bonchev–Trinajstić information content (AvgIpc) is 3.04. The van der Waals surface area contributed by atoms with Crippen LogP contribution in [-0.2, 0) is 23.2 Å². The first kappa shape index (κ1) is 30.7. The average molecular weight is 606 g/mol. The Balaban J connectivity index is 1.58. The number of anilines is 1. The van der Waals surface area contributed by atoms with Gasteiger partial charge in [-0.15, -0.1) is 0 Å². The highest BCUT2D eigenvalue weighted by Gasteiger charge is 2.23. The number of aromatic hydroxyl groups is 1. The molecule has 44 heavy (non-hydrogen) atoms. The zero-order valence-corrected chi connectivity index (χ0v) is 25.8. The van der Waals surface area contributed by atoms with Gasteiger partial charge in [-0.25, -0.2) is 4.58 Å². The van der Waals surface area contributed by atoms with Crippen LogP contribution in [0.15, 0.2) is 138 Å². The summed E-state index contributed by atoms with van der Waals surface area (Å²) in [6.07, 6.45) is 8.01. The second kappa shape index (κ2) is 13.7. The molecule has 0 atom stereocenters. The molecule has 0 aromatic heterocycles. The van der Waals surface area contributed by atoms with Crippen LogP contribution >= 0.6 is 0 Å². The maximum atomic E-state index is 12.5. The molecule has 2 N–H and O–H groups in total. The molecule has 5 rings (SSSR count). The Hall–Kier alpha value is -4.72. The second-order valence-electron chi connectivity index (χ2n) is 10.6. The first-order valence-corrected chi connectivity index (χ1v) is 16.2. The van der Waals surface area contributed by atoms with Crippen molar-refractivity contribution >= 4 is 27.1 Å². The Morgan fingerprint density at radius 2 is 1.39 bits per heavy atom. The Kier molecular flexibility index (Phi) is 9.58. The van der Waals surface area contributed by atoms with Crippen molar-refractivity contribution in [1.29, 1.82) is 0 Å². The maximum Gasteiger partial charge on any atom is 0.295 e. The van der Waals surface area contributed by atoms with Gasteiger partial charge < -0.3 is 10.0 Å². The van der Waals surface area contributed by atoms with E-state index in [9.17, 15) is 18.1 Å². The summed E-state index contributed by atoms with van der Waals surface area (Å²) < 4.78 is 37.4. The van der Waals surface area contributed by atoms with Gasteiger partial charge >= 0.3 is 0 Å². The van der Waals surface area contributed by atoms with Gasteiger partial charge in [0.25, 0.3) is 10.1 Å². The molecule has 4 aromatic carbocycles. The lowest BCUT2D eigenvalue weighted by molar-refractivity contribution is -0.539. The minimum atomic E-state index is -4.63. The number of hydrogen-bond donors (Lipinski definition) is 2. The van der Waals surface area contributed by atoms with Gasteiger partial charge in [0.1, 0.15) is 17.2 Å². The molecule has 1 aliphatic rings. The highest BCUT2D eigenvalue weighted by atomic mass is 32.2. The summed E-state index contributed by atoms with van der Waals surface area (Å²) in [5, 5.41) is 10.1. The van der Waals surface area contributed by atoms with Crippen molar-refractivity contribution in [3.05, 3.63) is 155 Å². The number of rotatable bonds is 10. The van der Waals surface area contributed by atoms with E-state index in [1.165, 1.54) is 23.3 Å². The van der Waals surface area contributed by atoms with Gasteiger partial charge in [-0.2, -0.15) is 8.42 Å². The molecule has 0 fully saturated rings. The SMILES string of the molecule is CCN(Cc1ccccc1)c1ccc(C(=C2C=CC(=[N+](CC)Cc3ccccc3)C=C2)c2ccc(O)cc2S(=O)(=O)O)cc1. The predicted molar refractivity (Wildman–Crippen MR) is 178 cm³/mol. The van der Waals surface area contributed by atoms with E-state index in [1.807, 2.05) is 85.0 Å². The van der Waals surface area contributed by atoms with Gasteiger partial charge in [-0.3, -0.25) is 4.55 Å². The zero-order chi connectivity index (χ0) is 31.1. The van der Waals surface area contributed by atoms with Crippen LogP contribution in [-0.4, -0.2) is 41.5 Å². The lowest BCUT2D eigenvalue weighted by atomic mass is 9.90. The molecule has 0 saturated carbocycles. The van der Waals surface area contributed by atoms with Crippen molar-refractivity contribution in [3.63, 3.8) is 0 Å². The van der Waals surface area contributed by atoms with E-state index < -0.39 is 10.1 Å². The fourth-order valence-electron chi connectivity index (χ4n) is 5.47. The standard InChI is InChI=1S/C37H36N2O4S/c1-3-38(26-28-11-7-5-8-12-28)32-19-15-30(16-20-32)37(35-24-23-34(40)25-36(35)44(41,42)43)31-17-21-33(22-18-31)39(4-2)27-29-13-9-6-10-14-29/h5-25H,3-4,26-27H2,1-2H3,(H,41,42,43)/p+1. The van der Waals surface area contributed by atoms with Gasteiger partial charge in [-0.05, 0) is 72.5 Å². The number of benzene rings is 4. The van der Waals surface area contributed by atoms with Crippen LogP contribution in [0.5, 0.6) is 5.75 Å². The van der Waals surface area contributed by atoms with E-state index in [4.69, 9.17) is 0 Å². The van der Waals surface area contributed by atoms with E-state index >= 15 is 0 Å². The van der Waals surface area contributed by atoms with E-state index in [2.05, 4.69) is 47.6 Å². The van der Waals surface area contributed by atoms with E-state index in [0.717, 1.165) is 54.8 Å². The Morgan fingerprint density at radius 3 is 1.95 bits per heavy atom. The first-order chi connectivity index (χ1) is 21.3. The number of hydrogen-bond acceptors (Lipinski definition) is 4. The molecule has 6 nitrogen and oxygen atoms in total. The number of phenolic OH excluding ortho intramolecular Hbond substituents is 1. The molecular weight excluding hydrogens is 568 g/mol. The molecule has 0 heterocycles. The summed E-state index contributed by atoms with van der Waals surface area (Å²) in [6, 6.07) is 32.6. The molecule has 7 heteroatoms. The summed E-state index contributed by atoms with van der Waals surface area (Å²) in [6.45, 7) is 7.37. The van der Waals surface area contributed by atoms with E-state index in [0.29, 0.717) is 11.1 Å². The number of phenols is 1. The minimum Gasteiger partial charge on any atom is -0.508 e.